The third-order valence-corrected chi connectivity index (χ3v) is 2.93. The fourth-order valence-electron chi connectivity index (χ4n) is 2.15. The van der Waals surface area contributed by atoms with E-state index >= 15 is 0 Å². The summed E-state index contributed by atoms with van der Waals surface area (Å²) in [6.45, 7) is 0. The maximum absolute atomic E-state index is 9.18. The Morgan fingerprint density at radius 2 is 2.12 bits per heavy atom. The molecule has 0 amide bonds. The number of hydrogen-bond donors (Lipinski definition) is 3. The number of nitrogens with zero attached hydrogens (tertiary/aromatic N) is 1. The summed E-state index contributed by atoms with van der Waals surface area (Å²) < 4.78 is 0. The quantitative estimate of drug-likeness (QED) is 0.322. The molecule has 0 atom stereocenters. The largest absolute Gasteiger partial charge is 0.374 e. The summed E-state index contributed by atoms with van der Waals surface area (Å²) >= 11 is 5.54. The van der Waals surface area contributed by atoms with Gasteiger partial charge in [0.25, 0.3) is 0 Å². The van der Waals surface area contributed by atoms with Gasteiger partial charge in [-0.25, -0.2) is 4.99 Å². The highest BCUT2D eigenvalue weighted by Crippen LogP contribution is 2.35. The Morgan fingerprint density at radius 1 is 1.38 bits per heavy atom. The first kappa shape index (κ1) is 11.2. The Morgan fingerprint density at radius 3 is 2.81 bits per heavy atom. The van der Waals surface area contributed by atoms with E-state index in [-0.39, 0.29) is 5.29 Å². The molecule has 0 aromatic heterocycles. The summed E-state index contributed by atoms with van der Waals surface area (Å²) in [7, 11) is 0. The molecule has 0 saturated carbocycles. The SMILES string of the molecule is NC(Cl)=Nc1ccc2c(c1NO)CCCC2. The maximum atomic E-state index is 9.18. The van der Waals surface area contributed by atoms with Crippen LogP contribution in [-0.4, -0.2) is 10.5 Å². The smallest absolute Gasteiger partial charge is 0.193 e. The number of aliphatic imine (C=N–C) groups is 1. The summed E-state index contributed by atoms with van der Waals surface area (Å²) in [5.74, 6) is 0. The molecule has 86 valence electrons. The van der Waals surface area contributed by atoms with E-state index in [2.05, 4.69) is 10.5 Å². The van der Waals surface area contributed by atoms with Crippen molar-refractivity contribution in [3.05, 3.63) is 23.3 Å². The molecule has 5 heteroatoms. The lowest BCUT2D eigenvalue weighted by molar-refractivity contribution is 0.388. The normalized spacial score (nSPS) is 15.8. The van der Waals surface area contributed by atoms with Crippen LogP contribution in [0.25, 0.3) is 0 Å². The highest BCUT2D eigenvalue weighted by atomic mass is 35.5. The van der Waals surface area contributed by atoms with Crippen molar-refractivity contribution in [3.63, 3.8) is 0 Å². The minimum Gasteiger partial charge on any atom is -0.374 e. The van der Waals surface area contributed by atoms with Crippen molar-refractivity contribution in [2.45, 2.75) is 25.7 Å². The van der Waals surface area contributed by atoms with Crippen LogP contribution in [0, 0.1) is 0 Å². The Balaban J connectivity index is 2.51. The molecule has 0 spiro atoms. The van der Waals surface area contributed by atoms with Gasteiger partial charge in [-0.3, -0.25) is 10.7 Å². The topological polar surface area (TPSA) is 70.6 Å². The van der Waals surface area contributed by atoms with E-state index in [1.54, 1.807) is 0 Å². The fourth-order valence-corrected chi connectivity index (χ4v) is 2.24. The van der Waals surface area contributed by atoms with Gasteiger partial charge in [0.05, 0.1) is 11.4 Å². The number of aryl methyl sites for hydroxylation is 1. The molecule has 1 aromatic rings. The van der Waals surface area contributed by atoms with Gasteiger partial charge in [0.2, 0.25) is 0 Å². The second-order valence-electron chi connectivity index (χ2n) is 3.85. The van der Waals surface area contributed by atoms with Crippen molar-refractivity contribution in [2.75, 3.05) is 5.48 Å². The third kappa shape index (κ3) is 2.13. The van der Waals surface area contributed by atoms with E-state index in [1.807, 2.05) is 12.1 Å². The number of amidine groups is 1. The molecule has 1 aliphatic rings. The van der Waals surface area contributed by atoms with Crippen molar-refractivity contribution >= 4 is 28.3 Å². The van der Waals surface area contributed by atoms with Gasteiger partial charge < -0.3 is 5.73 Å². The molecule has 2 rings (SSSR count). The van der Waals surface area contributed by atoms with E-state index in [9.17, 15) is 5.21 Å². The Kier molecular flexibility index (Phi) is 3.31. The molecular formula is C11H14ClN3O. The first-order chi connectivity index (χ1) is 7.72. The zero-order chi connectivity index (χ0) is 11.5. The van der Waals surface area contributed by atoms with Crippen LogP contribution in [-0.2, 0) is 12.8 Å². The summed E-state index contributed by atoms with van der Waals surface area (Å²) in [4.78, 5) is 3.98. The van der Waals surface area contributed by atoms with Crippen molar-refractivity contribution in [2.24, 2.45) is 10.7 Å². The van der Waals surface area contributed by atoms with E-state index in [1.165, 1.54) is 12.0 Å². The van der Waals surface area contributed by atoms with Crippen LogP contribution < -0.4 is 11.2 Å². The molecule has 1 aromatic carbocycles. The number of benzene rings is 1. The monoisotopic (exact) mass is 239 g/mol. The fraction of sp³-hybridized carbons (Fsp3) is 0.364. The van der Waals surface area contributed by atoms with Gasteiger partial charge in [-0.2, -0.15) is 0 Å². The average molecular weight is 240 g/mol. The number of nitrogens with one attached hydrogen (secondary N) is 1. The number of hydrogen-bond acceptors (Lipinski definition) is 3. The van der Waals surface area contributed by atoms with E-state index in [0.29, 0.717) is 11.4 Å². The van der Waals surface area contributed by atoms with Crippen LogP contribution in [0.2, 0.25) is 0 Å². The zero-order valence-corrected chi connectivity index (χ0v) is 9.59. The molecule has 0 fully saturated rings. The van der Waals surface area contributed by atoms with Crippen LogP contribution in [0.1, 0.15) is 24.0 Å². The van der Waals surface area contributed by atoms with Crippen LogP contribution in [0.4, 0.5) is 11.4 Å². The average Bonchev–Trinajstić information content (AvgIpc) is 2.28. The molecule has 0 aliphatic heterocycles. The van der Waals surface area contributed by atoms with Gasteiger partial charge in [0.1, 0.15) is 0 Å². The first-order valence-corrected chi connectivity index (χ1v) is 5.64. The molecule has 0 heterocycles. The van der Waals surface area contributed by atoms with Crippen LogP contribution in [0.15, 0.2) is 17.1 Å². The second-order valence-corrected chi connectivity index (χ2v) is 4.24. The number of fused-ring (bicyclic) bond motifs is 1. The van der Waals surface area contributed by atoms with Gasteiger partial charge in [0, 0.05) is 0 Å². The molecule has 4 nitrogen and oxygen atoms in total. The molecule has 0 saturated heterocycles. The maximum Gasteiger partial charge on any atom is 0.193 e. The molecule has 1 aliphatic carbocycles. The summed E-state index contributed by atoms with van der Waals surface area (Å²) in [6, 6.07) is 3.84. The van der Waals surface area contributed by atoms with Gasteiger partial charge in [-0.05, 0) is 54.5 Å². The van der Waals surface area contributed by atoms with Crippen LogP contribution >= 0.6 is 11.6 Å². The van der Waals surface area contributed by atoms with E-state index in [4.69, 9.17) is 17.3 Å². The Bertz CT molecular complexity index is 427. The van der Waals surface area contributed by atoms with Gasteiger partial charge in [-0.15, -0.1) is 0 Å². The van der Waals surface area contributed by atoms with Crippen molar-refractivity contribution in [3.8, 4) is 0 Å². The van der Waals surface area contributed by atoms with Crippen molar-refractivity contribution in [1.82, 2.24) is 0 Å². The minimum atomic E-state index is -0.0349. The highest BCUT2D eigenvalue weighted by molar-refractivity contribution is 6.64. The van der Waals surface area contributed by atoms with Gasteiger partial charge in [0.15, 0.2) is 5.29 Å². The predicted octanol–water partition coefficient (Wildman–Crippen LogP) is 2.55. The number of halogens is 1. The molecule has 4 N–H and O–H groups in total. The zero-order valence-electron chi connectivity index (χ0n) is 8.83. The lowest BCUT2D eigenvalue weighted by Gasteiger charge is -2.19. The molecule has 0 radical (unpaired) electrons. The van der Waals surface area contributed by atoms with E-state index in [0.717, 1.165) is 24.8 Å². The summed E-state index contributed by atoms with van der Waals surface area (Å²) in [5.41, 5.74) is 11.1. The van der Waals surface area contributed by atoms with Crippen LogP contribution in [0.3, 0.4) is 0 Å². The summed E-state index contributed by atoms with van der Waals surface area (Å²) in [6.07, 6.45) is 4.32. The van der Waals surface area contributed by atoms with Gasteiger partial charge >= 0.3 is 0 Å². The number of anilines is 1. The number of nitrogens with two attached hydrogens (primary N) is 1. The predicted molar refractivity (Wildman–Crippen MR) is 65.6 cm³/mol. The molecule has 16 heavy (non-hydrogen) atoms. The summed E-state index contributed by atoms with van der Waals surface area (Å²) in [5, 5.41) is 9.15. The second kappa shape index (κ2) is 4.72. The lowest BCUT2D eigenvalue weighted by atomic mass is 9.90. The third-order valence-electron chi connectivity index (χ3n) is 2.85. The lowest BCUT2D eigenvalue weighted by Crippen LogP contribution is -2.07. The molecule has 0 bridgehead atoms. The molecular weight excluding hydrogens is 226 g/mol. The molecule has 0 unspecified atom stereocenters. The Hall–Kier alpha value is -1.26. The standard InChI is InChI=1S/C11H14ClN3O/c12-11(13)14-9-6-5-7-3-1-2-4-8(7)10(9)15-16/h5-6,15-16H,1-4H2,(H2,13,14). The number of rotatable bonds is 2. The van der Waals surface area contributed by atoms with Crippen molar-refractivity contribution < 1.29 is 5.21 Å². The Labute approximate surface area is 99.1 Å². The van der Waals surface area contributed by atoms with Gasteiger partial charge in [-0.1, -0.05) is 6.07 Å². The highest BCUT2D eigenvalue weighted by Gasteiger charge is 2.16. The first-order valence-electron chi connectivity index (χ1n) is 5.27. The van der Waals surface area contributed by atoms with E-state index < -0.39 is 0 Å². The van der Waals surface area contributed by atoms with Crippen molar-refractivity contribution in [1.29, 1.82) is 0 Å². The minimum absolute atomic E-state index is 0.0349. The van der Waals surface area contributed by atoms with Crippen LogP contribution in [0.5, 0.6) is 0 Å².